The van der Waals surface area contributed by atoms with Crippen LogP contribution in [0.1, 0.15) is 18.4 Å². The first kappa shape index (κ1) is 22.5. The topological polar surface area (TPSA) is 66.9 Å². The van der Waals surface area contributed by atoms with Crippen molar-refractivity contribution < 1.29 is 22.3 Å². The molecule has 0 bridgehead atoms. The van der Waals surface area contributed by atoms with Crippen molar-refractivity contribution in [2.75, 3.05) is 27.2 Å². The number of carbonyl (C=O) groups is 1. The molecule has 6 nitrogen and oxygen atoms in total. The van der Waals surface area contributed by atoms with Gasteiger partial charge in [0.25, 0.3) is 0 Å². The number of piperidine rings is 1. The Hall–Kier alpha value is -2.16. The van der Waals surface area contributed by atoms with Crippen molar-refractivity contribution in [3.05, 3.63) is 58.9 Å². The fraction of sp³-hybridized carbons (Fsp3) is 0.381. The molecule has 1 aliphatic rings. The Bertz CT molecular complexity index is 1010. The number of carbonyl (C=O) groups excluding carboxylic acids is 1. The summed E-state index contributed by atoms with van der Waals surface area (Å²) in [5.74, 6) is -0.664. The van der Waals surface area contributed by atoms with E-state index >= 15 is 0 Å². The third-order valence-corrected chi connectivity index (χ3v) is 7.43. The molecular weight excluding hydrogens is 431 g/mol. The van der Waals surface area contributed by atoms with Crippen LogP contribution in [0.4, 0.5) is 4.39 Å². The molecule has 1 saturated heterocycles. The van der Waals surface area contributed by atoms with Gasteiger partial charge in [0.05, 0.1) is 12.0 Å². The largest absolute Gasteiger partial charge is 0.494 e. The molecule has 162 valence electrons. The standard InChI is InChI=1S/C21H24ClFN2O4S/c1-24(14-15-3-8-20(29-2)19(23)13-15)21(26)16-9-11-25(12-10-16)30(27,28)18-6-4-17(22)5-7-18/h3-8,13,16H,9-12,14H2,1-2H3. The normalized spacial score (nSPS) is 15.7. The summed E-state index contributed by atoms with van der Waals surface area (Å²) in [7, 11) is -0.548. The molecule has 0 aliphatic carbocycles. The summed E-state index contributed by atoms with van der Waals surface area (Å²) in [5, 5.41) is 0.470. The van der Waals surface area contributed by atoms with Gasteiger partial charge in [-0.05, 0) is 54.8 Å². The van der Waals surface area contributed by atoms with Crippen LogP contribution in [-0.4, -0.2) is 50.8 Å². The molecule has 9 heteroatoms. The van der Waals surface area contributed by atoms with Gasteiger partial charge in [-0.3, -0.25) is 4.79 Å². The van der Waals surface area contributed by atoms with Gasteiger partial charge in [0.2, 0.25) is 15.9 Å². The van der Waals surface area contributed by atoms with E-state index in [0.717, 1.165) is 0 Å². The lowest BCUT2D eigenvalue weighted by atomic mass is 9.96. The highest BCUT2D eigenvalue weighted by Gasteiger charge is 2.33. The van der Waals surface area contributed by atoms with Gasteiger partial charge in [0.15, 0.2) is 11.6 Å². The minimum atomic E-state index is -3.61. The van der Waals surface area contributed by atoms with E-state index in [1.807, 2.05) is 0 Å². The zero-order valence-electron chi connectivity index (χ0n) is 16.8. The molecule has 2 aromatic carbocycles. The monoisotopic (exact) mass is 454 g/mol. The molecule has 1 heterocycles. The molecule has 1 aliphatic heterocycles. The molecule has 0 aromatic heterocycles. The van der Waals surface area contributed by atoms with Crippen molar-refractivity contribution in [1.29, 1.82) is 0 Å². The van der Waals surface area contributed by atoms with Crippen LogP contribution in [-0.2, 0) is 21.4 Å². The minimum Gasteiger partial charge on any atom is -0.494 e. The molecule has 30 heavy (non-hydrogen) atoms. The fourth-order valence-electron chi connectivity index (χ4n) is 3.57. The quantitative estimate of drug-likeness (QED) is 0.669. The third kappa shape index (κ3) is 4.94. The second-order valence-corrected chi connectivity index (χ2v) is 9.67. The van der Waals surface area contributed by atoms with E-state index < -0.39 is 15.8 Å². The van der Waals surface area contributed by atoms with Gasteiger partial charge in [-0.25, -0.2) is 12.8 Å². The molecular formula is C21H24ClFN2O4S. The number of amides is 1. The molecule has 0 atom stereocenters. The van der Waals surface area contributed by atoms with Gasteiger partial charge in [0.1, 0.15) is 0 Å². The van der Waals surface area contributed by atoms with E-state index in [4.69, 9.17) is 16.3 Å². The summed E-state index contributed by atoms with van der Waals surface area (Å²) in [5.41, 5.74) is 0.659. The molecule has 3 rings (SSSR count). The van der Waals surface area contributed by atoms with Crippen molar-refractivity contribution in [3.63, 3.8) is 0 Å². The highest BCUT2D eigenvalue weighted by Crippen LogP contribution is 2.26. The van der Waals surface area contributed by atoms with E-state index in [2.05, 4.69) is 0 Å². The van der Waals surface area contributed by atoms with E-state index in [9.17, 15) is 17.6 Å². The highest BCUT2D eigenvalue weighted by molar-refractivity contribution is 7.89. The van der Waals surface area contributed by atoms with Gasteiger partial charge in [-0.15, -0.1) is 0 Å². The zero-order valence-corrected chi connectivity index (χ0v) is 18.4. The van der Waals surface area contributed by atoms with E-state index in [1.54, 1.807) is 30.1 Å². The highest BCUT2D eigenvalue weighted by atomic mass is 35.5. The maximum absolute atomic E-state index is 13.9. The van der Waals surface area contributed by atoms with Crippen LogP contribution in [0, 0.1) is 11.7 Å². The molecule has 0 unspecified atom stereocenters. The summed E-state index contributed by atoms with van der Waals surface area (Å²) in [6.07, 6.45) is 0.875. The molecule has 0 radical (unpaired) electrons. The molecule has 1 amide bonds. The van der Waals surface area contributed by atoms with Crippen molar-refractivity contribution in [2.24, 2.45) is 5.92 Å². The summed E-state index contributed by atoms with van der Waals surface area (Å²) in [6, 6.07) is 10.6. The number of benzene rings is 2. The number of sulfonamides is 1. The Morgan fingerprint density at radius 1 is 1.20 bits per heavy atom. The second kappa shape index (κ2) is 9.32. The summed E-state index contributed by atoms with van der Waals surface area (Å²) >= 11 is 5.84. The lowest BCUT2D eigenvalue weighted by Crippen LogP contribution is -2.43. The van der Waals surface area contributed by atoms with Crippen LogP contribution in [0.2, 0.25) is 5.02 Å². The van der Waals surface area contributed by atoms with E-state index in [1.165, 1.54) is 35.7 Å². The van der Waals surface area contributed by atoms with Crippen molar-refractivity contribution >= 4 is 27.5 Å². The number of halogens is 2. The number of hydrogen-bond acceptors (Lipinski definition) is 4. The smallest absolute Gasteiger partial charge is 0.243 e. The Morgan fingerprint density at radius 3 is 2.40 bits per heavy atom. The minimum absolute atomic E-state index is 0.0743. The summed E-state index contributed by atoms with van der Waals surface area (Å²) < 4.78 is 45.7. The predicted octanol–water partition coefficient (Wildman–Crippen LogP) is 3.55. The third-order valence-electron chi connectivity index (χ3n) is 5.27. The Balaban J connectivity index is 1.59. The molecule has 0 spiro atoms. The number of methoxy groups -OCH3 is 1. The lowest BCUT2D eigenvalue weighted by Gasteiger charge is -2.32. The summed E-state index contributed by atoms with van der Waals surface area (Å²) in [4.78, 5) is 14.5. The van der Waals surface area contributed by atoms with Gasteiger partial charge >= 0.3 is 0 Å². The Morgan fingerprint density at radius 2 is 1.83 bits per heavy atom. The zero-order chi connectivity index (χ0) is 21.9. The average Bonchev–Trinajstić information content (AvgIpc) is 2.73. The van der Waals surface area contributed by atoms with Gasteiger partial charge in [0, 0.05) is 37.6 Å². The predicted molar refractivity (Wildman–Crippen MR) is 112 cm³/mol. The Kier molecular flexibility index (Phi) is 7.00. The van der Waals surface area contributed by atoms with Crippen molar-refractivity contribution in [3.8, 4) is 5.75 Å². The Labute approximate surface area is 181 Å². The van der Waals surface area contributed by atoms with Crippen LogP contribution in [0.5, 0.6) is 5.75 Å². The lowest BCUT2D eigenvalue weighted by molar-refractivity contribution is -0.135. The number of hydrogen-bond donors (Lipinski definition) is 0. The fourth-order valence-corrected chi connectivity index (χ4v) is 5.17. The molecule has 2 aromatic rings. The second-order valence-electron chi connectivity index (χ2n) is 7.30. The van der Waals surface area contributed by atoms with Crippen LogP contribution >= 0.6 is 11.6 Å². The maximum atomic E-state index is 13.9. The van der Waals surface area contributed by atoms with Crippen LogP contribution in [0.3, 0.4) is 0 Å². The molecule has 0 N–H and O–H groups in total. The first-order chi connectivity index (χ1) is 14.2. The van der Waals surface area contributed by atoms with Crippen LogP contribution in [0.15, 0.2) is 47.4 Å². The first-order valence-electron chi connectivity index (χ1n) is 9.55. The number of ether oxygens (including phenoxy) is 1. The van der Waals surface area contributed by atoms with Gasteiger partial charge < -0.3 is 9.64 Å². The van der Waals surface area contributed by atoms with Crippen molar-refractivity contribution in [2.45, 2.75) is 24.3 Å². The van der Waals surface area contributed by atoms with E-state index in [0.29, 0.717) is 23.4 Å². The van der Waals surface area contributed by atoms with Crippen LogP contribution in [0.25, 0.3) is 0 Å². The van der Waals surface area contributed by atoms with Gasteiger partial charge in [-0.1, -0.05) is 17.7 Å². The SMILES string of the molecule is COc1ccc(CN(C)C(=O)C2CCN(S(=O)(=O)c3ccc(Cl)cc3)CC2)cc1F. The number of nitrogens with zero attached hydrogens (tertiary/aromatic N) is 2. The molecule has 0 saturated carbocycles. The first-order valence-corrected chi connectivity index (χ1v) is 11.4. The number of rotatable bonds is 6. The average molecular weight is 455 g/mol. The molecule has 1 fully saturated rings. The van der Waals surface area contributed by atoms with Crippen LogP contribution < -0.4 is 4.74 Å². The van der Waals surface area contributed by atoms with Crippen molar-refractivity contribution in [1.82, 2.24) is 9.21 Å². The summed E-state index contributed by atoms with van der Waals surface area (Å²) in [6.45, 7) is 0.807. The maximum Gasteiger partial charge on any atom is 0.243 e. The van der Waals surface area contributed by atoms with Gasteiger partial charge in [-0.2, -0.15) is 4.31 Å². The van der Waals surface area contributed by atoms with E-state index in [-0.39, 0.29) is 42.1 Å².